The molecule has 1 radical (unpaired) electrons. The van der Waals surface area contributed by atoms with E-state index in [2.05, 4.69) is 11.3 Å². The van der Waals surface area contributed by atoms with Crippen LogP contribution in [0.2, 0.25) is 0 Å². The minimum Gasteiger partial charge on any atom is -0.462 e. The molecule has 0 atom stereocenters. The number of aliphatic hydroxyl groups excluding tert-OH is 1. The number of aliphatic hydroxyl groups is 1. The fourth-order valence-corrected chi connectivity index (χ4v) is 1.82. The van der Waals surface area contributed by atoms with Crippen LogP contribution in [-0.4, -0.2) is 14.7 Å². The summed E-state index contributed by atoms with van der Waals surface area (Å²) in [6, 6.07) is 11.5. The second-order valence-corrected chi connectivity index (χ2v) is 3.81. The zero-order valence-corrected chi connectivity index (χ0v) is 9.13. The molecule has 0 aliphatic rings. The van der Waals surface area contributed by atoms with Crippen LogP contribution < -0.4 is 0 Å². The van der Waals surface area contributed by atoms with Gasteiger partial charge in [0.05, 0.1) is 17.6 Å². The molecule has 0 aliphatic carbocycles. The van der Waals surface area contributed by atoms with Crippen LogP contribution in [0, 0.1) is 6.33 Å². The maximum atomic E-state index is 8.93. The van der Waals surface area contributed by atoms with E-state index in [-0.39, 0.29) is 6.61 Å². The van der Waals surface area contributed by atoms with Gasteiger partial charge in [0.1, 0.15) is 18.1 Å². The first-order valence-electron chi connectivity index (χ1n) is 5.38. The number of para-hydroxylation sites is 2. The Hall–Kier alpha value is -2.07. The van der Waals surface area contributed by atoms with E-state index >= 15 is 0 Å². The quantitative estimate of drug-likeness (QED) is 0.744. The van der Waals surface area contributed by atoms with Crippen LogP contribution in [0.15, 0.2) is 40.8 Å². The molecule has 0 fully saturated rings. The number of benzene rings is 1. The van der Waals surface area contributed by atoms with Gasteiger partial charge in [-0.05, 0) is 24.3 Å². The molecule has 0 saturated heterocycles. The van der Waals surface area contributed by atoms with Crippen LogP contribution in [0.3, 0.4) is 0 Å². The molecule has 0 unspecified atom stereocenters. The Morgan fingerprint density at radius 3 is 2.82 bits per heavy atom. The number of aromatic nitrogens is 2. The molecule has 4 nitrogen and oxygen atoms in total. The lowest BCUT2D eigenvalue weighted by atomic mass is 10.3. The Balaban J connectivity index is 1.94. The summed E-state index contributed by atoms with van der Waals surface area (Å²) in [5.41, 5.74) is 1.94. The van der Waals surface area contributed by atoms with Gasteiger partial charge in [0.25, 0.3) is 0 Å². The first-order chi connectivity index (χ1) is 8.36. The largest absolute Gasteiger partial charge is 0.462 e. The van der Waals surface area contributed by atoms with E-state index in [1.807, 2.05) is 34.9 Å². The van der Waals surface area contributed by atoms with Crippen molar-refractivity contribution in [2.45, 2.75) is 13.2 Å². The van der Waals surface area contributed by atoms with Gasteiger partial charge in [-0.3, -0.25) is 0 Å². The van der Waals surface area contributed by atoms with E-state index in [0.29, 0.717) is 12.3 Å². The number of rotatable bonds is 3. The molecular formula is C13H11N2O2. The summed E-state index contributed by atoms with van der Waals surface area (Å²) >= 11 is 0. The Morgan fingerprint density at radius 2 is 2.00 bits per heavy atom. The standard InChI is InChI=1S/C13H11N2O2/c16-8-11-6-5-10(17-11)7-15-9-14-12-3-1-2-4-13(12)15/h1-6,16H,7-8H2. The highest BCUT2D eigenvalue weighted by Gasteiger charge is 2.06. The molecule has 0 saturated carbocycles. The van der Waals surface area contributed by atoms with Crippen molar-refractivity contribution < 1.29 is 9.52 Å². The highest BCUT2D eigenvalue weighted by molar-refractivity contribution is 5.74. The molecule has 0 spiro atoms. The SMILES string of the molecule is OCc1ccc(Cn2[c]nc3ccccc32)o1. The number of fused-ring (bicyclic) bond motifs is 1. The van der Waals surface area contributed by atoms with E-state index in [4.69, 9.17) is 9.52 Å². The van der Waals surface area contributed by atoms with Crippen molar-refractivity contribution in [1.29, 1.82) is 0 Å². The topological polar surface area (TPSA) is 51.2 Å². The molecule has 3 aromatic rings. The Kier molecular flexibility index (Phi) is 2.42. The molecule has 4 heteroatoms. The third-order valence-corrected chi connectivity index (χ3v) is 2.65. The van der Waals surface area contributed by atoms with Gasteiger partial charge in [0.15, 0.2) is 6.33 Å². The van der Waals surface area contributed by atoms with Crippen molar-refractivity contribution in [1.82, 2.24) is 9.55 Å². The van der Waals surface area contributed by atoms with Crippen molar-refractivity contribution >= 4 is 11.0 Å². The van der Waals surface area contributed by atoms with E-state index in [9.17, 15) is 0 Å². The van der Waals surface area contributed by atoms with Gasteiger partial charge < -0.3 is 14.1 Å². The Morgan fingerprint density at radius 1 is 1.18 bits per heavy atom. The van der Waals surface area contributed by atoms with Gasteiger partial charge in [-0.15, -0.1) is 0 Å². The lowest BCUT2D eigenvalue weighted by Gasteiger charge is -2.00. The number of hydrogen-bond acceptors (Lipinski definition) is 3. The Labute approximate surface area is 98.1 Å². The van der Waals surface area contributed by atoms with Crippen LogP contribution in [-0.2, 0) is 13.2 Å². The van der Waals surface area contributed by atoms with Crippen LogP contribution >= 0.6 is 0 Å². The molecule has 1 N–H and O–H groups in total. The van der Waals surface area contributed by atoms with Crippen molar-refractivity contribution in [3.05, 3.63) is 54.2 Å². The van der Waals surface area contributed by atoms with Crippen molar-refractivity contribution in [2.24, 2.45) is 0 Å². The molecule has 3 rings (SSSR count). The molecule has 85 valence electrons. The van der Waals surface area contributed by atoms with Gasteiger partial charge >= 0.3 is 0 Å². The molecule has 0 aliphatic heterocycles. The van der Waals surface area contributed by atoms with Gasteiger partial charge in [0, 0.05) is 0 Å². The molecule has 17 heavy (non-hydrogen) atoms. The van der Waals surface area contributed by atoms with Crippen molar-refractivity contribution in [2.75, 3.05) is 0 Å². The predicted molar refractivity (Wildman–Crippen MR) is 62.3 cm³/mol. The predicted octanol–water partition coefficient (Wildman–Crippen LogP) is 1.97. The smallest absolute Gasteiger partial charge is 0.177 e. The molecule has 2 heterocycles. The summed E-state index contributed by atoms with van der Waals surface area (Å²) in [5.74, 6) is 1.36. The minimum atomic E-state index is -0.0750. The molecule has 0 amide bonds. The second kappa shape index (κ2) is 4.07. The maximum absolute atomic E-state index is 8.93. The van der Waals surface area contributed by atoms with E-state index in [1.54, 1.807) is 6.07 Å². The zero-order chi connectivity index (χ0) is 11.7. The van der Waals surface area contributed by atoms with E-state index in [1.165, 1.54) is 0 Å². The van der Waals surface area contributed by atoms with E-state index < -0.39 is 0 Å². The Bertz CT molecular complexity index is 639. The first kappa shape index (κ1) is 10.1. The summed E-state index contributed by atoms with van der Waals surface area (Å²) in [4.78, 5) is 4.19. The third-order valence-electron chi connectivity index (χ3n) is 2.65. The molecular weight excluding hydrogens is 216 g/mol. The zero-order valence-electron chi connectivity index (χ0n) is 9.13. The summed E-state index contributed by atoms with van der Waals surface area (Å²) in [6.07, 6.45) is 2.93. The van der Waals surface area contributed by atoms with Crippen LogP contribution in [0.5, 0.6) is 0 Å². The van der Waals surface area contributed by atoms with Crippen LogP contribution in [0.25, 0.3) is 11.0 Å². The number of nitrogens with zero attached hydrogens (tertiary/aromatic N) is 2. The summed E-state index contributed by atoms with van der Waals surface area (Å²) in [7, 11) is 0. The normalized spacial score (nSPS) is 11.1. The highest BCUT2D eigenvalue weighted by Crippen LogP contribution is 2.15. The van der Waals surface area contributed by atoms with E-state index in [0.717, 1.165) is 16.8 Å². The number of furan rings is 1. The fourth-order valence-electron chi connectivity index (χ4n) is 1.82. The monoisotopic (exact) mass is 227 g/mol. The lowest BCUT2D eigenvalue weighted by molar-refractivity contribution is 0.243. The van der Waals surface area contributed by atoms with Crippen LogP contribution in [0.1, 0.15) is 11.5 Å². The molecule has 1 aromatic carbocycles. The fraction of sp³-hybridized carbons (Fsp3) is 0.154. The maximum Gasteiger partial charge on any atom is 0.177 e. The van der Waals surface area contributed by atoms with Crippen molar-refractivity contribution in [3.63, 3.8) is 0 Å². The summed E-state index contributed by atoms with van der Waals surface area (Å²) < 4.78 is 7.33. The van der Waals surface area contributed by atoms with Gasteiger partial charge in [-0.1, -0.05) is 12.1 Å². The molecule has 0 bridgehead atoms. The average Bonchev–Trinajstić information content (AvgIpc) is 2.97. The molecule has 2 aromatic heterocycles. The van der Waals surface area contributed by atoms with Crippen molar-refractivity contribution in [3.8, 4) is 0 Å². The van der Waals surface area contributed by atoms with Gasteiger partial charge in [0.2, 0.25) is 0 Å². The van der Waals surface area contributed by atoms with Gasteiger partial charge in [-0.2, -0.15) is 0 Å². The number of hydrogen-bond donors (Lipinski definition) is 1. The minimum absolute atomic E-state index is 0.0750. The summed E-state index contributed by atoms with van der Waals surface area (Å²) in [6.45, 7) is 0.495. The summed E-state index contributed by atoms with van der Waals surface area (Å²) in [5, 5.41) is 8.93. The lowest BCUT2D eigenvalue weighted by Crippen LogP contribution is -1.96. The average molecular weight is 227 g/mol. The first-order valence-corrected chi connectivity index (χ1v) is 5.38. The number of imidazole rings is 1. The van der Waals surface area contributed by atoms with Gasteiger partial charge in [-0.25, -0.2) is 4.98 Å². The highest BCUT2D eigenvalue weighted by atomic mass is 16.4. The second-order valence-electron chi connectivity index (χ2n) is 3.81. The van der Waals surface area contributed by atoms with Crippen LogP contribution in [0.4, 0.5) is 0 Å². The third kappa shape index (κ3) is 1.83.